The summed E-state index contributed by atoms with van der Waals surface area (Å²) in [7, 11) is 0. The molecule has 214 valence electrons. The lowest BCUT2D eigenvalue weighted by Gasteiger charge is -2.69. The number of aryl methyl sites for hydroxylation is 1. The Kier molecular flexibility index (Phi) is 5.70. The molecule has 0 amide bonds. The first-order valence-corrected chi connectivity index (χ1v) is 15.3. The van der Waals surface area contributed by atoms with Gasteiger partial charge in [-0.25, -0.2) is 0 Å². The van der Waals surface area contributed by atoms with Crippen LogP contribution in [0.25, 0.3) is 0 Å². The molecule has 6 heteroatoms. The van der Waals surface area contributed by atoms with E-state index >= 15 is 0 Å². The van der Waals surface area contributed by atoms with Crippen molar-refractivity contribution in [3.05, 3.63) is 35.1 Å². The molecule has 5 aliphatic rings. The molecule has 40 heavy (non-hydrogen) atoms. The molecule has 7 atom stereocenters. The predicted octanol–water partition coefficient (Wildman–Crippen LogP) is 7.14. The Morgan fingerprint density at radius 2 is 1.70 bits per heavy atom. The average molecular weight is 544 g/mol. The third kappa shape index (κ3) is 3.45. The second kappa shape index (κ2) is 8.26. The smallest absolute Gasteiger partial charge is 0.217 e. The first kappa shape index (κ1) is 27.6. The first-order chi connectivity index (χ1) is 18.5. The van der Waals surface area contributed by atoms with Crippen LogP contribution in [0.15, 0.2) is 27.7 Å². The third-order valence-corrected chi connectivity index (χ3v) is 13.1. The number of aromatic nitrogens is 2. The van der Waals surface area contributed by atoms with E-state index in [4.69, 9.17) is 4.42 Å². The fraction of sp³-hybridized carbons (Fsp3) is 0.735. The molecule has 0 saturated heterocycles. The average Bonchev–Trinajstić information content (AvgIpc) is 3.27. The highest BCUT2D eigenvalue weighted by molar-refractivity contribution is 6.04. The maximum atomic E-state index is 14.6. The van der Waals surface area contributed by atoms with Gasteiger partial charge in [0.15, 0.2) is 11.6 Å². The molecular formula is C34H45N3O3. The minimum atomic E-state index is -0.644. The van der Waals surface area contributed by atoms with Crippen LogP contribution < -0.4 is 0 Å². The van der Waals surface area contributed by atoms with Crippen molar-refractivity contribution in [2.24, 2.45) is 50.2 Å². The molecule has 5 aliphatic carbocycles. The lowest BCUT2D eigenvalue weighted by molar-refractivity contribution is -0.171. The van der Waals surface area contributed by atoms with E-state index in [0.29, 0.717) is 11.8 Å². The van der Waals surface area contributed by atoms with Crippen molar-refractivity contribution in [3.8, 4) is 6.07 Å². The Hall–Kier alpha value is -2.55. The Labute approximate surface area is 239 Å². The fourth-order valence-electron chi connectivity index (χ4n) is 10.8. The van der Waals surface area contributed by atoms with E-state index in [2.05, 4.69) is 50.9 Å². The molecule has 6 rings (SSSR count). The Balaban J connectivity index is 1.50. The van der Waals surface area contributed by atoms with Crippen molar-refractivity contribution >= 4 is 11.6 Å². The standard InChI is InChI=1S/C34H45N3O3/c1-20-36-37-26(40-20)18-34-13-11-29(2,3)17-22(34)27-23(38)15-25-31(6)16-21(19-35)28(39)30(4,5)24(31)9-10-32(25,7)33(27,8)12-14-34/h15-16,22,24,27H,9-14,17-18H2,1-8H3/t22?,24-,27?,31-,32+,33+,34+/m0/s1. The number of rotatable bonds is 2. The van der Waals surface area contributed by atoms with Crippen LogP contribution in [0.3, 0.4) is 0 Å². The highest BCUT2D eigenvalue weighted by atomic mass is 16.4. The molecule has 0 radical (unpaired) electrons. The second-order valence-electron chi connectivity index (χ2n) is 16.0. The largest absolute Gasteiger partial charge is 0.426 e. The molecule has 6 nitrogen and oxygen atoms in total. The van der Waals surface area contributed by atoms with Crippen molar-refractivity contribution < 1.29 is 14.0 Å². The SMILES string of the molecule is Cc1nnc(C[C@]23CCC(C)(C)CC2C2C(=O)C=C4[C@@]5(C)C=C(C#N)C(=O)C(C)(C)[C@@H]5CC[C@@]4(C)[C@]2(C)CC3)o1. The predicted molar refractivity (Wildman–Crippen MR) is 152 cm³/mol. The molecule has 2 unspecified atom stereocenters. The zero-order chi connectivity index (χ0) is 29.1. The maximum Gasteiger partial charge on any atom is 0.217 e. The Morgan fingerprint density at radius 3 is 2.35 bits per heavy atom. The number of ketones is 2. The first-order valence-electron chi connectivity index (χ1n) is 15.3. The van der Waals surface area contributed by atoms with Crippen LogP contribution in [-0.4, -0.2) is 21.8 Å². The number of fused-ring (bicyclic) bond motifs is 7. The van der Waals surface area contributed by atoms with Crippen LogP contribution in [0.4, 0.5) is 0 Å². The number of nitrogens with zero attached hydrogens (tertiary/aromatic N) is 3. The number of Topliss-reactive ketones (excluding diaryl/α,β-unsaturated/α-hetero) is 1. The van der Waals surface area contributed by atoms with Gasteiger partial charge < -0.3 is 4.42 Å². The monoisotopic (exact) mass is 543 g/mol. The number of carbonyl (C=O) groups excluding carboxylic acids is 2. The van der Waals surface area contributed by atoms with Crippen LogP contribution in [0.5, 0.6) is 0 Å². The molecule has 0 aliphatic heterocycles. The van der Waals surface area contributed by atoms with E-state index < -0.39 is 10.8 Å². The lowest BCUT2D eigenvalue weighted by atomic mass is 9.34. The van der Waals surface area contributed by atoms with Gasteiger partial charge in [-0.2, -0.15) is 5.26 Å². The Bertz CT molecular complexity index is 1410. The van der Waals surface area contributed by atoms with Gasteiger partial charge in [-0.05, 0) is 84.5 Å². The molecule has 0 bridgehead atoms. The van der Waals surface area contributed by atoms with Crippen LogP contribution in [-0.2, 0) is 16.0 Å². The fourth-order valence-corrected chi connectivity index (χ4v) is 10.8. The van der Waals surface area contributed by atoms with Crippen LogP contribution in [0.1, 0.15) is 105 Å². The van der Waals surface area contributed by atoms with Gasteiger partial charge in [0, 0.05) is 30.1 Å². The van der Waals surface area contributed by atoms with Gasteiger partial charge in [-0.1, -0.05) is 60.1 Å². The van der Waals surface area contributed by atoms with Gasteiger partial charge in [-0.3, -0.25) is 9.59 Å². The summed E-state index contributed by atoms with van der Waals surface area (Å²) in [6, 6.07) is 2.21. The highest BCUT2D eigenvalue weighted by Crippen LogP contribution is 2.74. The molecule has 1 aromatic rings. The molecule has 0 spiro atoms. The number of carbonyl (C=O) groups is 2. The lowest BCUT2D eigenvalue weighted by Crippen LogP contribution is -2.65. The van der Waals surface area contributed by atoms with Gasteiger partial charge >= 0.3 is 0 Å². The van der Waals surface area contributed by atoms with Crippen molar-refractivity contribution in [1.29, 1.82) is 5.26 Å². The summed E-state index contributed by atoms with van der Waals surface area (Å²) in [6.07, 6.45) is 11.8. The summed E-state index contributed by atoms with van der Waals surface area (Å²) < 4.78 is 5.92. The summed E-state index contributed by atoms with van der Waals surface area (Å²) in [5.74, 6) is 1.71. The number of hydrogen-bond donors (Lipinski definition) is 0. The van der Waals surface area contributed by atoms with Crippen molar-refractivity contribution in [2.75, 3.05) is 0 Å². The normalized spacial score (nSPS) is 43.3. The number of nitriles is 1. The summed E-state index contributed by atoms with van der Waals surface area (Å²) in [6.45, 7) is 17.5. The molecule has 1 heterocycles. The summed E-state index contributed by atoms with van der Waals surface area (Å²) in [5, 5.41) is 18.5. The van der Waals surface area contributed by atoms with Crippen molar-refractivity contribution in [1.82, 2.24) is 10.2 Å². The third-order valence-electron chi connectivity index (χ3n) is 13.1. The minimum absolute atomic E-state index is 0.0235. The van der Waals surface area contributed by atoms with Gasteiger partial charge in [0.25, 0.3) is 0 Å². The van der Waals surface area contributed by atoms with Crippen LogP contribution in [0.2, 0.25) is 0 Å². The number of allylic oxidation sites excluding steroid dienone is 4. The maximum absolute atomic E-state index is 14.6. The molecule has 3 fully saturated rings. The van der Waals surface area contributed by atoms with Crippen molar-refractivity contribution in [3.63, 3.8) is 0 Å². The topological polar surface area (TPSA) is 96.9 Å². The molecule has 1 aromatic heterocycles. The van der Waals surface area contributed by atoms with E-state index in [-0.39, 0.29) is 56.6 Å². The van der Waals surface area contributed by atoms with Gasteiger partial charge in [0.2, 0.25) is 11.8 Å². The second-order valence-corrected chi connectivity index (χ2v) is 16.0. The van der Waals surface area contributed by atoms with E-state index in [0.717, 1.165) is 56.9 Å². The van der Waals surface area contributed by atoms with Crippen LogP contribution >= 0.6 is 0 Å². The number of hydrogen-bond acceptors (Lipinski definition) is 6. The minimum Gasteiger partial charge on any atom is -0.426 e. The van der Waals surface area contributed by atoms with E-state index in [1.54, 1.807) is 0 Å². The van der Waals surface area contributed by atoms with E-state index in [9.17, 15) is 14.9 Å². The zero-order valence-electron chi connectivity index (χ0n) is 25.6. The quantitative estimate of drug-likeness (QED) is 0.393. The van der Waals surface area contributed by atoms with Gasteiger partial charge in [-0.15, -0.1) is 10.2 Å². The van der Waals surface area contributed by atoms with E-state index in [1.807, 2.05) is 32.9 Å². The van der Waals surface area contributed by atoms with E-state index in [1.165, 1.54) is 0 Å². The molecule has 0 aromatic carbocycles. The molecule has 3 saturated carbocycles. The zero-order valence-corrected chi connectivity index (χ0v) is 25.6. The van der Waals surface area contributed by atoms with Crippen molar-refractivity contribution in [2.45, 2.75) is 107 Å². The molecule has 0 N–H and O–H groups in total. The van der Waals surface area contributed by atoms with Gasteiger partial charge in [0.05, 0.1) is 5.57 Å². The highest BCUT2D eigenvalue weighted by Gasteiger charge is 2.69. The molecular weight excluding hydrogens is 498 g/mol. The Morgan fingerprint density at radius 1 is 1.00 bits per heavy atom. The van der Waals surface area contributed by atoms with Crippen LogP contribution in [0, 0.1) is 68.5 Å². The van der Waals surface area contributed by atoms with Gasteiger partial charge in [0.1, 0.15) is 6.07 Å². The summed E-state index contributed by atoms with van der Waals surface area (Å²) in [5.41, 5.74) is 0.00729. The summed E-state index contributed by atoms with van der Waals surface area (Å²) in [4.78, 5) is 27.9. The summed E-state index contributed by atoms with van der Waals surface area (Å²) >= 11 is 0.